The fourth-order valence-corrected chi connectivity index (χ4v) is 1.33. The van der Waals surface area contributed by atoms with E-state index in [-0.39, 0.29) is 5.91 Å². The molecule has 1 unspecified atom stereocenters. The van der Waals surface area contributed by atoms with Gasteiger partial charge in [-0.15, -0.1) is 11.6 Å². The van der Waals surface area contributed by atoms with Crippen LogP contribution in [0.25, 0.3) is 0 Å². The fourth-order valence-electron chi connectivity index (χ4n) is 1.11. The van der Waals surface area contributed by atoms with E-state index in [1.54, 1.807) is 0 Å². The van der Waals surface area contributed by atoms with Crippen molar-refractivity contribution >= 4 is 17.5 Å². The van der Waals surface area contributed by atoms with Crippen molar-refractivity contribution in [2.24, 2.45) is 0 Å². The molecule has 1 amide bonds. The third kappa shape index (κ3) is 3.04. The first-order chi connectivity index (χ1) is 6.75. The van der Waals surface area contributed by atoms with Crippen molar-refractivity contribution in [3.05, 3.63) is 35.9 Å². The van der Waals surface area contributed by atoms with Crippen molar-refractivity contribution in [3.63, 3.8) is 0 Å². The van der Waals surface area contributed by atoms with Gasteiger partial charge in [0.15, 0.2) is 0 Å². The van der Waals surface area contributed by atoms with Gasteiger partial charge in [0.1, 0.15) is 5.38 Å². The zero-order valence-electron chi connectivity index (χ0n) is 8.16. The quantitative estimate of drug-likeness (QED) is 0.762. The standard InChI is InChI=1S/C11H14ClNO/c1-2-8-13-11(14)10(12)9-6-4-3-5-7-9/h3-7,10H,2,8H2,1H3,(H,13,14). The van der Waals surface area contributed by atoms with Gasteiger partial charge in [0.05, 0.1) is 0 Å². The Morgan fingerprint density at radius 3 is 2.64 bits per heavy atom. The summed E-state index contributed by atoms with van der Waals surface area (Å²) in [4.78, 5) is 11.5. The summed E-state index contributed by atoms with van der Waals surface area (Å²) in [5, 5.41) is 2.18. The number of rotatable bonds is 4. The van der Waals surface area contributed by atoms with Crippen LogP contribution in [0.1, 0.15) is 24.3 Å². The van der Waals surface area contributed by atoms with Gasteiger partial charge in [-0.1, -0.05) is 37.3 Å². The minimum Gasteiger partial charge on any atom is -0.355 e. The van der Waals surface area contributed by atoms with Crippen LogP contribution in [-0.2, 0) is 4.79 Å². The molecule has 3 heteroatoms. The third-order valence-electron chi connectivity index (χ3n) is 1.87. The largest absolute Gasteiger partial charge is 0.355 e. The molecule has 2 nitrogen and oxygen atoms in total. The molecule has 0 heterocycles. The van der Waals surface area contributed by atoms with Gasteiger partial charge >= 0.3 is 0 Å². The van der Waals surface area contributed by atoms with Crippen LogP contribution in [0.5, 0.6) is 0 Å². The smallest absolute Gasteiger partial charge is 0.242 e. The second-order valence-electron chi connectivity index (χ2n) is 3.06. The Morgan fingerprint density at radius 2 is 2.07 bits per heavy atom. The predicted molar refractivity (Wildman–Crippen MR) is 58.3 cm³/mol. The molecule has 76 valence electrons. The molecule has 1 aromatic rings. The lowest BCUT2D eigenvalue weighted by atomic mass is 10.1. The van der Waals surface area contributed by atoms with Crippen molar-refractivity contribution < 1.29 is 4.79 Å². The van der Waals surface area contributed by atoms with E-state index in [4.69, 9.17) is 11.6 Å². The number of amides is 1. The average molecular weight is 212 g/mol. The molecule has 0 spiro atoms. The lowest BCUT2D eigenvalue weighted by molar-refractivity contribution is -0.120. The van der Waals surface area contributed by atoms with E-state index in [1.807, 2.05) is 37.3 Å². The maximum absolute atomic E-state index is 11.5. The first-order valence-corrected chi connectivity index (χ1v) is 5.16. The Hall–Kier alpha value is -1.02. The van der Waals surface area contributed by atoms with Gasteiger partial charge in [0.25, 0.3) is 0 Å². The molecule has 0 aliphatic heterocycles. The molecule has 1 aromatic carbocycles. The lowest BCUT2D eigenvalue weighted by Gasteiger charge is -2.09. The van der Waals surface area contributed by atoms with Crippen LogP contribution in [0.2, 0.25) is 0 Å². The monoisotopic (exact) mass is 211 g/mol. The molecule has 0 aliphatic rings. The number of alkyl halides is 1. The molecule has 0 saturated carbocycles. The molecule has 0 radical (unpaired) electrons. The van der Waals surface area contributed by atoms with E-state index in [9.17, 15) is 4.79 Å². The minimum atomic E-state index is -0.581. The summed E-state index contributed by atoms with van der Waals surface area (Å²) in [6, 6.07) is 9.35. The minimum absolute atomic E-state index is 0.125. The van der Waals surface area contributed by atoms with Crippen molar-refractivity contribution in [3.8, 4) is 0 Å². The van der Waals surface area contributed by atoms with Crippen LogP contribution in [0.4, 0.5) is 0 Å². The van der Waals surface area contributed by atoms with Gasteiger partial charge in [-0.25, -0.2) is 0 Å². The number of benzene rings is 1. The Balaban J connectivity index is 2.57. The molecule has 1 N–H and O–H groups in total. The van der Waals surface area contributed by atoms with Gasteiger partial charge in [-0.2, -0.15) is 0 Å². The highest BCUT2D eigenvalue weighted by molar-refractivity contribution is 6.30. The van der Waals surface area contributed by atoms with Crippen molar-refractivity contribution in [1.82, 2.24) is 5.32 Å². The summed E-state index contributed by atoms with van der Waals surface area (Å²) in [6.45, 7) is 2.68. The highest BCUT2D eigenvalue weighted by atomic mass is 35.5. The Morgan fingerprint density at radius 1 is 1.43 bits per heavy atom. The molecule has 1 atom stereocenters. The first-order valence-electron chi connectivity index (χ1n) is 4.72. The maximum atomic E-state index is 11.5. The van der Waals surface area contributed by atoms with E-state index in [0.29, 0.717) is 6.54 Å². The number of hydrogen-bond acceptors (Lipinski definition) is 1. The van der Waals surface area contributed by atoms with Gasteiger partial charge in [0.2, 0.25) is 5.91 Å². The van der Waals surface area contributed by atoms with Crippen LogP contribution in [0, 0.1) is 0 Å². The Labute approximate surface area is 89.3 Å². The molecule has 0 saturated heterocycles. The first kappa shape index (κ1) is 11.1. The lowest BCUT2D eigenvalue weighted by Crippen LogP contribution is -2.27. The van der Waals surface area contributed by atoms with E-state index in [0.717, 1.165) is 12.0 Å². The summed E-state index contributed by atoms with van der Waals surface area (Å²) < 4.78 is 0. The van der Waals surface area contributed by atoms with Crippen LogP contribution in [0.3, 0.4) is 0 Å². The normalized spacial score (nSPS) is 12.1. The van der Waals surface area contributed by atoms with Gasteiger partial charge in [-0.3, -0.25) is 4.79 Å². The van der Waals surface area contributed by atoms with E-state index >= 15 is 0 Å². The number of carbonyl (C=O) groups excluding carboxylic acids is 1. The summed E-state index contributed by atoms with van der Waals surface area (Å²) in [6.07, 6.45) is 0.921. The number of carbonyl (C=O) groups is 1. The van der Waals surface area contributed by atoms with Crippen molar-refractivity contribution in [2.75, 3.05) is 6.54 Å². The molecule has 0 aromatic heterocycles. The number of hydrogen-bond donors (Lipinski definition) is 1. The summed E-state index contributed by atoms with van der Waals surface area (Å²) in [7, 11) is 0. The van der Waals surface area contributed by atoms with E-state index in [2.05, 4.69) is 5.32 Å². The molecule has 0 aliphatic carbocycles. The molecular formula is C11H14ClNO. The molecule has 0 fully saturated rings. The zero-order chi connectivity index (χ0) is 10.4. The second kappa shape index (κ2) is 5.66. The van der Waals surface area contributed by atoms with Gasteiger partial charge < -0.3 is 5.32 Å². The summed E-state index contributed by atoms with van der Waals surface area (Å²) in [5.41, 5.74) is 0.836. The maximum Gasteiger partial charge on any atom is 0.242 e. The molecule has 14 heavy (non-hydrogen) atoms. The predicted octanol–water partition coefficient (Wildman–Crippen LogP) is 2.49. The number of halogens is 1. The van der Waals surface area contributed by atoms with Gasteiger partial charge in [0, 0.05) is 6.54 Å². The van der Waals surface area contributed by atoms with E-state index in [1.165, 1.54) is 0 Å². The molecule has 0 bridgehead atoms. The Bertz CT molecular complexity index is 287. The highest BCUT2D eigenvalue weighted by Gasteiger charge is 2.15. The highest BCUT2D eigenvalue weighted by Crippen LogP contribution is 2.19. The average Bonchev–Trinajstić information content (AvgIpc) is 2.26. The fraction of sp³-hybridized carbons (Fsp3) is 0.364. The molecule has 1 rings (SSSR count). The van der Waals surface area contributed by atoms with Crippen LogP contribution < -0.4 is 5.32 Å². The van der Waals surface area contributed by atoms with Crippen molar-refractivity contribution in [2.45, 2.75) is 18.7 Å². The van der Waals surface area contributed by atoms with Crippen molar-refractivity contribution in [1.29, 1.82) is 0 Å². The SMILES string of the molecule is CCCNC(=O)C(Cl)c1ccccc1. The summed E-state index contributed by atoms with van der Waals surface area (Å²) >= 11 is 5.98. The van der Waals surface area contributed by atoms with Crippen LogP contribution in [0.15, 0.2) is 30.3 Å². The molecular weight excluding hydrogens is 198 g/mol. The summed E-state index contributed by atoms with van der Waals surface area (Å²) in [5.74, 6) is -0.125. The topological polar surface area (TPSA) is 29.1 Å². The Kier molecular flexibility index (Phi) is 4.47. The third-order valence-corrected chi connectivity index (χ3v) is 2.32. The number of nitrogens with one attached hydrogen (secondary N) is 1. The second-order valence-corrected chi connectivity index (χ2v) is 3.50. The zero-order valence-corrected chi connectivity index (χ0v) is 8.92. The van der Waals surface area contributed by atoms with Gasteiger partial charge in [-0.05, 0) is 12.0 Å². The van der Waals surface area contributed by atoms with Crippen LogP contribution >= 0.6 is 11.6 Å². The van der Waals surface area contributed by atoms with Crippen LogP contribution in [-0.4, -0.2) is 12.5 Å². The van der Waals surface area contributed by atoms with E-state index < -0.39 is 5.38 Å².